The number of ether oxygens (including phenoxy) is 2. The first-order chi connectivity index (χ1) is 24.4. The molecule has 4 heterocycles. The number of thioether (sulfide) groups is 2. The Labute approximate surface area is 334 Å². The molecular formula is C29H38Cl2CuN6O14S2. The second kappa shape index (κ2) is 22.9. The molecule has 0 aliphatic carbocycles. The van der Waals surface area contributed by atoms with Gasteiger partial charge in [-0.3, -0.25) is 24.5 Å². The molecule has 2 bridgehead atoms. The number of pyridine rings is 2. The SMILES string of the molecule is CC#N.CC#N.COC(=O)[C@@]12CN(C)C[C@@](C(=O)OC)([C@@H](c3cc(SC)ccn3)N(C)[C@H]1c1cc(SC)ccn1)C2(O)O.[Cu+2].[O-][Cl+3]([O-])([O-])[O-].[O-][Cl+3]([O-])([O-])[O-]. The molecule has 25 heteroatoms. The zero-order valence-electron chi connectivity index (χ0n) is 29.9. The summed E-state index contributed by atoms with van der Waals surface area (Å²) in [6.45, 7) is 2.66. The van der Waals surface area contributed by atoms with Crippen molar-refractivity contribution in [2.24, 2.45) is 10.8 Å². The van der Waals surface area contributed by atoms with Crippen molar-refractivity contribution in [3.8, 4) is 12.1 Å². The van der Waals surface area contributed by atoms with Gasteiger partial charge in [0.05, 0.1) is 49.8 Å². The number of methoxy groups -OCH3 is 2. The molecule has 305 valence electrons. The van der Waals surface area contributed by atoms with E-state index in [4.69, 9.17) is 57.3 Å². The Balaban J connectivity index is 0. The van der Waals surface area contributed by atoms with Crippen molar-refractivity contribution < 1.29 is 104 Å². The van der Waals surface area contributed by atoms with Gasteiger partial charge in [0.2, 0.25) is 5.79 Å². The minimum absolute atomic E-state index is 0. The number of piperidine rings is 2. The molecule has 2 aromatic heterocycles. The topological polar surface area (TPSA) is 357 Å². The van der Waals surface area contributed by atoms with Crippen molar-refractivity contribution in [2.45, 2.75) is 41.5 Å². The van der Waals surface area contributed by atoms with Crippen molar-refractivity contribution in [1.29, 1.82) is 10.5 Å². The van der Waals surface area contributed by atoms with Crippen molar-refractivity contribution in [3.05, 3.63) is 48.0 Å². The van der Waals surface area contributed by atoms with Crippen molar-refractivity contribution >= 4 is 35.5 Å². The number of nitrogens with zero attached hydrogens (tertiary/aromatic N) is 6. The summed E-state index contributed by atoms with van der Waals surface area (Å²) < 4.78 is 78.4. The Hall–Kier alpha value is -2.46. The number of likely N-dealkylation sites (tertiary alicyclic amines) is 2. The van der Waals surface area contributed by atoms with Crippen LogP contribution in [0.15, 0.2) is 46.5 Å². The fourth-order valence-electron chi connectivity index (χ4n) is 6.26. The molecule has 2 aliphatic rings. The van der Waals surface area contributed by atoms with Crippen LogP contribution in [0.1, 0.15) is 37.3 Å². The summed E-state index contributed by atoms with van der Waals surface area (Å²) in [4.78, 5) is 41.9. The maximum Gasteiger partial charge on any atom is 2.00 e. The summed E-state index contributed by atoms with van der Waals surface area (Å²) in [5.41, 5.74) is -3.16. The fraction of sp³-hybridized carbons (Fsp3) is 0.517. The summed E-state index contributed by atoms with van der Waals surface area (Å²) in [6.07, 6.45) is 7.07. The van der Waals surface area contributed by atoms with Crippen LogP contribution in [-0.4, -0.2) is 102 Å². The second-order valence-corrected chi connectivity index (χ2v) is 14.0. The maximum absolute atomic E-state index is 13.7. The summed E-state index contributed by atoms with van der Waals surface area (Å²) >= 11 is 2.99. The van der Waals surface area contributed by atoms with Crippen molar-refractivity contribution in [3.63, 3.8) is 0 Å². The van der Waals surface area contributed by atoms with Gasteiger partial charge in [0.1, 0.15) is 0 Å². The molecular weight excluding hydrogens is 855 g/mol. The van der Waals surface area contributed by atoms with E-state index in [0.29, 0.717) is 11.4 Å². The van der Waals surface area contributed by atoms with Gasteiger partial charge >= 0.3 is 29.0 Å². The Morgan fingerprint density at radius 1 is 0.796 bits per heavy atom. The predicted molar refractivity (Wildman–Crippen MR) is 161 cm³/mol. The van der Waals surface area contributed by atoms with Crippen LogP contribution >= 0.6 is 23.5 Å². The molecule has 0 saturated carbocycles. The summed E-state index contributed by atoms with van der Waals surface area (Å²) in [5.74, 6) is -4.63. The quantitative estimate of drug-likeness (QED) is 0.118. The maximum atomic E-state index is 13.7. The molecule has 2 saturated heterocycles. The first-order valence-electron chi connectivity index (χ1n) is 14.3. The van der Waals surface area contributed by atoms with E-state index in [9.17, 15) is 19.8 Å². The molecule has 0 aromatic carbocycles. The third kappa shape index (κ3) is 13.3. The Morgan fingerprint density at radius 3 is 1.31 bits per heavy atom. The Bertz CT molecular complexity index is 1470. The first-order valence-corrected chi connectivity index (χ1v) is 19.2. The largest absolute Gasteiger partial charge is 2.00 e. The molecule has 1 radical (unpaired) electrons. The zero-order valence-corrected chi connectivity index (χ0v) is 34.0. The molecule has 0 unspecified atom stereocenters. The molecule has 2 N–H and O–H groups in total. The van der Waals surface area contributed by atoms with Crippen molar-refractivity contribution in [1.82, 2.24) is 19.8 Å². The van der Waals surface area contributed by atoms with E-state index in [0.717, 1.165) is 9.79 Å². The molecule has 2 fully saturated rings. The third-order valence-electron chi connectivity index (χ3n) is 7.67. The third-order valence-corrected chi connectivity index (χ3v) is 9.12. The van der Waals surface area contributed by atoms with Gasteiger partial charge in [0.15, 0.2) is 10.8 Å². The van der Waals surface area contributed by atoms with Crippen LogP contribution in [0, 0.1) is 54.0 Å². The molecule has 54 heavy (non-hydrogen) atoms. The molecule has 0 spiro atoms. The summed E-state index contributed by atoms with van der Waals surface area (Å²) in [5, 5.41) is 39.1. The molecule has 4 atom stereocenters. The standard InChI is InChI=1S/C25H32N4O6S2.2C2H3N.2ClHO4.Cu/c1-28-13-23(21(30)34-3)19(17-11-15(36-5)7-9-26-17)29(2)20(18-12-16(37-6)8-10-27-18)24(14-28,22(31)35-4)25(23,32)33;2*1-2-3;2*2-1(3,4)5;/h7-12,19-20,32-33H,13-14H2,1-6H3;2*1H3;2*(H,2,3,4,5);/q;;;;;+2/p-2/t19-,20+,23+,24-;;;;;. The van der Waals surface area contributed by atoms with Gasteiger partial charge in [0, 0.05) is 49.1 Å². The first kappa shape index (κ1) is 53.6. The number of carbonyl (C=O) groups excluding carboxylic acids is 2. The molecule has 20 nitrogen and oxygen atoms in total. The van der Waals surface area contributed by atoms with Gasteiger partial charge in [-0.1, -0.05) is 0 Å². The van der Waals surface area contributed by atoms with E-state index in [2.05, 4.69) is 9.97 Å². The van der Waals surface area contributed by atoms with E-state index in [1.807, 2.05) is 36.8 Å². The van der Waals surface area contributed by atoms with Crippen LogP contribution in [0.25, 0.3) is 0 Å². The minimum Gasteiger partial charge on any atom is -0.468 e. The van der Waals surface area contributed by atoms with E-state index in [1.54, 1.807) is 48.4 Å². The number of aliphatic hydroxyl groups is 2. The Kier molecular flexibility index (Phi) is 22.8. The van der Waals surface area contributed by atoms with E-state index in [1.165, 1.54) is 51.6 Å². The van der Waals surface area contributed by atoms with Gasteiger partial charge in [-0.25, -0.2) is 37.3 Å². The number of carbonyl (C=O) groups is 2. The second-order valence-electron chi connectivity index (χ2n) is 10.7. The average Bonchev–Trinajstić information content (AvgIpc) is 3.05. The zero-order chi connectivity index (χ0) is 41.6. The van der Waals surface area contributed by atoms with Crippen LogP contribution in [0.5, 0.6) is 0 Å². The van der Waals surface area contributed by atoms with Crippen molar-refractivity contribution in [2.75, 3.05) is 53.9 Å². The number of halogens is 2. The number of aromatic nitrogens is 2. The number of esters is 2. The van der Waals surface area contributed by atoms with E-state index in [-0.39, 0.29) is 30.2 Å². The number of nitriles is 2. The van der Waals surface area contributed by atoms with E-state index >= 15 is 0 Å². The van der Waals surface area contributed by atoms with Gasteiger partial charge in [-0.15, -0.1) is 44.0 Å². The molecule has 4 rings (SSSR count). The number of hydrogen-bond donors (Lipinski definition) is 2. The van der Waals surface area contributed by atoms with Crippen LogP contribution < -0.4 is 37.3 Å². The summed E-state index contributed by atoms with van der Waals surface area (Å²) in [7, 11) is -4.03. The predicted octanol–water partition coefficient (Wildman–Crippen LogP) is -6.86. The average molecular weight is 893 g/mol. The van der Waals surface area contributed by atoms with Gasteiger partial charge in [-0.2, -0.15) is 10.5 Å². The number of rotatable bonds is 6. The summed E-state index contributed by atoms with van der Waals surface area (Å²) in [6, 6.07) is 8.81. The molecule has 2 aliphatic heterocycles. The minimum atomic E-state index is -4.94. The Morgan fingerprint density at radius 2 is 1.07 bits per heavy atom. The fourth-order valence-corrected chi connectivity index (χ4v) is 7.13. The smallest absolute Gasteiger partial charge is 0.468 e. The normalized spacial score (nSPS) is 22.7. The van der Waals surface area contributed by atoms with Crippen LogP contribution in [-0.2, 0) is 36.1 Å². The van der Waals surface area contributed by atoms with Crippen LogP contribution in [0.2, 0.25) is 0 Å². The van der Waals surface area contributed by atoms with Crippen LogP contribution in [0.4, 0.5) is 0 Å². The number of fused-ring (bicyclic) bond motifs is 2. The van der Waals surface area contributed by atoms with Gasteiger partial charge in [-0.05, 0) is 50.9 Å². The van der Waals surface area contributed by atoms with E-state index < -0.39 is 61.1 Å². The van der Waals surface area contributed by atoms with Gasteiger partial charge in [0.25, 0.3) is 0 Å². The van der Waals surface area contributed by atoms with Crippen LogP contribution in [0.3, 0.4) is 0 Å². The molecule has 0 amide bonds. The monoisotopic (exact) mass is 891 g/mol. The number of hydrogen-bond acceptors (Lipinski definition) is 22. The van der Waals surface area contributed by atoms with Gasteiger partial charge < -0.3 is 24.6 Å². The molecule has 2 aromatic rings.